The zero-order valence-electron chi connectivity index (χ0n) is 9.22. The van der Waals surface area contributed by atoms with Crippen molar-refractivity contribution in [3.05, 3.63) is 0 Å². The summed E-state index contributed by atoms with van der Waals surface area (Å²) in [5, 5.41) is 3.21. The van der Waals surface area contributed by atoms with E-state index in [9.17, 15) is 0 Å². The summed E-state index contributed by atoms with van der Waals surface area (Å²) < 4.78 is 0. The Hall–Kier alpha value is -0.0800. The van der Waals surface area contributed by atoms with Crippen molar-refractivity contribution in [1.29, 1.82) is 0 Å². The first-order chi connectivity index (χ1) is 5.61. The van der Waals surface area contributed by atoms with E-state index >= 15 is 0 Å². The molecular weight excluding hydrogens is 148 g/mol. The number of nitrogens with zero attached hydrogens (tertiary/aromatic N) is 1. The van der Waals surface area contributed by atoms with Crippen molar-refractivity contribution in [2.45, 2.75) is 33.7 Å². The van der Waals surface area contributed by atoms with Crippen LogP contribution < -0.4 is 5.32 Å². The molecule has 0 saturated heterocycles. The number of hydrogen-bond donors (Lipinski definition) is 1. The smallest absolute Gasteiger partial charge is 0.0192 e. The van der Waals surface area contributed by atoms with Gasteiger partial charge in [0.25, 0.3) is 0 Å². The van der Waals surface area contributed by atoms with E-state index in [1.807, 2.05) is 7.05 Å². The summed E-state index contributed by atoms with van der Waals surface area (Å²) in [6.07, 6.45) is 0. The second kappa shape index (κ2) is 6.44. The Kier molecular flexibility index (Phi) is 6.39. The lowest BCUT2D eigenvalue weighted by Gasteiger charge is -2.29. The SMILES string of the molecule is CCN(CC(C)C)C(C)CNC. The maximum absolute atomic E-state index is 3.21. The van der Waals surface area contributed by atoms with Crippen molar-refractivity contribution in [3.8, 4) is 0 Å². The van der Waals surface area contributed by atoms with Crippen LogP contribution in [0.25, 0.3) is 0 Å². The summed E-state index contributed by atoms with van der Waals surface area (Å²) in [7, 11) is 2.01. The van der Waals surface area contributed by atoms with E-state index < -0.39 is 0 Å². The topological polar surface area (TPSA) is 15.3 Å². The van der Waals surface area contributed by atoms with Gasteiger partial charge in [-0.25, -0.2) is 0 Å². The molecule has 1 N–H and O–H groups in total. The molecule has 0 aliphatic rings. The lowest BCUT2D eigenvalue weighted by Crippen LogP contribution is -2.41. The molecule has 0 fully saturated rings. The first-order valence-electron chi connectivity index (χ1n) is 5.00. The summed E-state index contributed by atoms with van der Waals surface area (Å²) in [6, 6.07) is 0.655. The molecule has 0 aromatic heterocycles. The molecule has 12 heavy (non-hydrogen) atoms. The van der Waals surface area contributed by atoms with Gasteiger partial charge in [0.05, 0.1) is 0 Å². The van der Waals surface area contributed by atoms with E-state index in [2.05, 4.69) is 37.9 Å². The summed E-state index contributed by atoms with van der Waals surface area (Å²) >= 11 is 0. The third-order valence-electron chi connectivity index (χ3n) is 2.13. The highest BCUT2D eigenvalue weighted by Gasteiger charge is 2.11. The fraction of sp³-hybridized carbons (Fsp3) is 1.00. The molecule has 0 aliphatic carbocycles. The van der Waals surface area contributed by atoms with Gasteiger partial charge in [-0.3, -0.25) is 4.90 Å². The van der Waals surface area contributed by atoms with Gasteiger partial charge in [0.2, 0.25) is 0 Å². The molecule has 0 rings (SSSR count). The van der Waals surface area contributed by atoms with Crippen LogP contribution in [0.3, 0.4) is 0 Å². The Labute approximate surface area is 77.3 Å². The molecule has 0 aliphatic heterocycles. The van der Waals surface area contributed by atoms with Crippen LogP contribution in [0, 0.1) is 5.92 Å². The molecule has 0 heterocycles. The maximum Gasteiger partial charge on any atom is 0.0192 e. The zero-order valence-corrected chi connectivity index (χ0v) is 9.22. The first kappa shape index (κ1) is 11.9. The Balaban J connectivity index is 3.78. The zero-order chi connectivity index (χ0) is 9.56. The van der Waals surface area contributed by atoms with Gasteiger partial charge in [0.1, 0.15) is 0 Å². The van der Waals surface area contributed by atoms with Gasteiger partial charge in [-0.15, -0.1) is 0 Å². The molecule has 0 bridgehead atoms. The van der Waals surface area contributed by atoms with Gasteiger partial charge in [0, 0.05) is 19.1 Å². The van der Waals surface area contributed by atoms with E-state index in [-0.39, 0.29) is 0 Å². The number of hydrogen-bond acceptors (Lipinski definition) is 2. The van der Waals surface area contributed by atoms with Gasteiger partial charge in [-0.05, 0) is 26.4 Å². The maximum atomic E-state index is 3.21. The van der Waals surface area contributed by atoms with Crippen molar-refractivity contribution in [3.63, 3.8) is 0 Å². The quantitative estimate of drug-likeness (QED) is 0.654. The van der Waals surface area contributed by atoms with Crippen LogP contribution in [-0.2, 0) is 0 Å². The fourth-order valence-corrected chi connectivity index (χ4v) is 1.51. The van der Waals surface area contributed by atoms with E-state index in [0.717, 1.165) is 19.0 Å². The summed E-state index contributed by atoms with van der Waals surface area (Å²) in [5.41, 5.74) is 0. The normalized spacial score (nSPS) is 14.2. The van der Waals surface area contributed by atoms with Crippen LogP contribution in [0.2, 0.25) is 0 Å². The van der Waals surface area contributed by atoms with Crippen LogP contribution in [0.5, 0.6) is 0 Å². The molecule has 74 valence electrons. The number of nitrogens with one attached hydrogen (secondary N) is 1. The molecule has 0 radical (unpaired) electrons. The van der Waals surface area contributed by atoms with Gasteiger partial charge >= 0.3 is 0 Å². The molecule has 2 nitrogen and oxygen atoms in total. The Morgan fingerprint density at radius 2 is 1.83 bits per heavy atom. The van der Waals surface area contributed by atoms with Crippen LogP contribution in [0.4, 0.5) is 0 Å². The number of rotatable bonds is 6. The minimum absolute atomic E-state index is 0.655. The lowest BCUT2D eigenvalue weighted by atomic mass is 10.1. The highest BCUT2D eigenvalue weighted by Crippen LogP contribution is 2.02. The van der Waals surface area contributed by atoms with Crippen molar-refractivity contribution in [1.82, 2.24) is 10.2 Å². The van der Waals surface area contributed by atoms with Gasteiger partial charge in [-0.1, -0.05) is 20.8 Å². The molecule has 1 atom stereocenters. The van der Waals surface area contributed by atoms with Crippen LogP contribution in [-0.4, -0.2) is 37.6 Å². The van der Waals surface area contributed by atoms with Crippen molar-refractivity contribution >= 4 is 0 Å². The van der Waals surface area contributed by atoms with Gasteiger partial charge < -0.3 is 5.32 Å². The molecule has 0 aromatic carbocycles. The molecule has 0 amide bonds. The van der Waals surface area contributed by atoms with E-state index in [1.165, 1.54) is 6.54 Å². The largest absolute Gasteiger partial charge is 0.318 e. The summed E-state index contributed by atoms with van der Waals surface area (Å²) in [5.74, 6) is 0.768. The third-order valence-corrected chi connectivity index (χ3v) is 2.13. The Bertz CT molecular complexity index is 102. The van der Waals surface area contributed by atoms with E-state index in [4.69, 9.17) is 0 Å². The van der Waals surface area contributed by atoms with Gasteiger partial charge in [0.15, 0.2) is 0 Å². The van der Waals surface area contributed by atoms with Crippen LogP contribution >= 0.6 is 0 Å². The molecule has 0 saturated carbocycles. The third kappa shape index (κ3) is 4.73. The monoisotopic (exact) mass is 172 g/mol. The Morgan fingerprint density at radius 1 is 1.25 bits per heavy atom. The first-order valence-corrected chi connectivity index (χ1v) is 5.00. The highest BCUT2D eigenvalue weighted by atomic mass is 15.2. The summed E-state index contributed by atoms with van der Waals surface area (Å²) in [6.45, 7) is 12.5. The van der Waals surface area contributed by atoms with Crippen molar-refractivity contribution in [2.75, 3.05) is 26.7 Å². The standard InChI is InChI=1S/C10H24N2/c1-6-12(8-9(2)3)10(4)7-11-5/h9-11H,6-8H2,1-5H3. The molecular formula is C10H24N2. The molecule has 0 aromatic rings. The highest BCUT2D eigenvalue weighted by molar-refractivity contribution is 4.68. The molecule has 0 spiro atoms. The van der Waals surface area contributed by atoms with Crippen LogP contribution in [0.1, 0.15) is 27.7 Å². The average Bonchev–Trinajstić information content (AvgIpc) is 2.00. The second-order valence-corrected chi connectivity index (χ2v) is 3.89. The van der Waals surface area contributed by atoms with E-state index in [0.29, 0.717) is 6.04 Å². The number of likely N-dealkylation sites (N-methyl/N-ethyl adjacent to an activating group) is 2. The molecule has 2 heteroatoms. The van der Waals surface area contributed by atoms with Gasteiger partial charge in [-0.2, -0.15) is 0 Å². The van der Waals surface area contributed by atoms with E-state index in [1.54, 1.807) is 0 Å². The predicted molar refractivity (Wildman–Crippen MR) is 55.5 cm³/mol. The molecule has 1 unspecified atom stereocenters. The second-order valence-electron chi connectivity index (χ2n) is 3.89. The average molecular weight is 172 g/mol. The van der Waals surface area contributed by atoms with Crippen molar-refractivity contribution < 1.29 is 0 Å². The summed E-state index contributed by atoms with van der Waals surface area (Å²) in [4.78, 5) is 2.52. The fourth-order valence-electron chi connectivity index (χ4n) is 1.51. The lowest BCUT2D eigenvalue weighted by molar-refractivity contribution is 0.194. The minimum Gasteiger partial charge on any atom is -0.318 e. The predicted octanol–water partition coefficient (Wildman–Crippen LogP) is 1.57. The van der Waals surface area contributed by atoms with Crippen molar-refractivity contribution in [2.24, 2.45) is 5.92 Å². The van der Waals surface area contributed by atoms with Crippen LogP contribution in [0.15, 0.2) is 0 Å². The minimum atomic E-state index is 0.655. The Morgan fingerprint density at radius 3 is 2.17 bits per heavy atom.